The number of carbonyl (C=O) groups excluding carboxylic acids is 2. The lowest BCUT2D eigenvalue weighted by Crippen LogP contribution is -2.48. The maximum atomic E-state index is 13.1. The predicted octanol–water partition coefficient (Wildman–Crippen LogP) is 3.06. The van der Waals surface area contributed by atoms with E-state index in [1.165, 1.54) is 36.2 Å². The van der Waals surface area contributed by atoms with Crippen molar-refractivity contribution in [2.24, 2.45) is 0 Å². The van der Waals surface area contributed by atoms with Gasteiger partial charge in [-0.15, -0.1) is 0 Å². The summed E-state index contributed by atoms with van der Waals surface area (Å²) in [5.41, 5.74) is 1.38. The Morgan fingerprint density at radius 2 is 1.46 bits per heavy atom. The molecular formula is C20H22F2N2O2. The van der Waals surface area contributed by atoms with Crippen molar-refractivity contribution in [1.82, 2.24) is 10.2 Å². The highest BCUT2D eigenvalue weighted by atomic mass is 19.1. The Labute approximate surface area is 151 Å². The quantitative estimate of drug-likeness (QED) is 0.825. The maximum absolute atomic E-state index is 13.1. The molecule has 1 unspecified atom stereocenters. The van der Waals surface area contributed by atoms with E-state index in [0.29, 0.717) is 12.0 Å². The zero-order chi connectivity index (χ0) is 19.1. The van der Waals surface area contributed by atoms with Crippen LogP contribution in [0.1, 0.15) is 24.5 Å². The van der Waals surface area contributed by atoms with E-state index in [1.54, 1.807) is 24.3 Å². The molecule has 2 aromatic rings. The van der Waals surface area contributed by atoms with Gasteiger partial charge in [0.1, 0.15) is 17.7 Å². The molecule has 0 aliphatic carbocycles. The minimum atomic E-state index is -0.641. The third-order valence-electron chi connectivity index (χ3n) is 4.17. The fourth-order valence-electron chi connectivity index (χ4n) is 2.75. The van der Waals surface area contributed by atoms with Gasteiger partial charge in [-0.1, -0.05) is 31.2 Å². The second-order valence-corrected chi connectivity index (χ2v) is 5.99. The Hall–Kier alpha value is -2.76. The summed E-state index contributed by atoms with van der Waals surface area (Å²) in [6, 6.07) is 10.9. The van der Waals surface area contributed by atoms with Gasteiger partial charge in [-0.3, -0.25) is 9.59 Å². The van der Waals surface area contributed by atoms with Crippen LogP contribution in [0.25, 0.3) is 0 Å². The second kappa shape index (κ2) is 9.08. The SMILES string of the molecule is CCC(C(=O)NC)N(Cc1ccc(F)cc1)C(=O)Cc1ccc(F)cc1. The molecule has 0 spiro atoms. The van der Waals surface area contributed by atoms with Crippen LogP contribution in [0.15, 0.2) is 48.5 Å². The molecule has 0 bridgehead atoms. The molecular weight excluding hydrogens is 338 g/mol. The van der Waals surface area contributed by atoms with Crippen LogP contribution in [-0.4, -0.2) is 29.8 Å². The van der Waals surface area contributed by atoms with Crippen molar-refractivity contribution in [1.29, 1.82) is 0 Å². The van der Waals surface area contributed by atoms with Crippen LogP contribution in [0.4, 0.5) is 8.78 Å². The molecule has 0 saturated carbocycles. The number of hydrogen-bond acceptors (Lipinski definition) is 2. The summed E-state index contributed by atoms with van der Waals surface area (Å²) in [6.07, 6.45) is 0.491. The average molecular weight is 360 g/mol. The van der Waals surface area contributed by atoms with Gasteiger partial charge in [0, 0.05) is 13.6 Å². The largest absolute Gasteiger partial charge is 0.357 e. The van der Waals surface area contributed by atoms with Gasteiger partial charge in [0.2, 0.25) is 11.8 Å². The van der Waals surface area contributed by atoms with E-state index < -0.39 is 6.04 Å². The predicted molar refractivity (Wildman–Crippen MR) is 95.2 cm³/mol. The average Bonchev–Trinajstić information content (AvgIpc) is 2.64. The highest BCUT2D eigenvalue weighted by molar-refractivity contribution is 5.88. The van der Waals surface area contributed by atoms with E-state index >= 15 is 0 Å². The van der Waals surface area contributed by atoms with Gasteiger partial charge in [0.15, 0.2) is 0 Å². The number of carbonyl (C=O) groups is 2. The zero-order valence-electron chi connectivity index (χ0n) is 14.8. The van der Waals surface area contributed by atoms with Crippen LogP contribution in [0.3, 0.4) is 0 Å². The number of rotatable bonds is 7. The van der Waals surface area contributed by atoms with Crippen LogP contribution < -0.4 is 5.32 Å². The van der Waals surface area contributed by atoms with Crippen molar-refractivity contribution in [3.8, 4) is 0 Å². The summed E-state index contributed by atoms with van der Waals surface area (Å²) in [5.74, 6) is -1.25. The van der Waals surface area contributed by atoms with Crippen LogP contribution in [0.2, 0.25) is 0 Å². The molecule has 2 aromatic carbocycles. The van der Waals surface area contributed by atoms with Crippen LogP contribution in [0.5, 0.6) is 0 Å². The number of nitrogens with zero attached hydrogens (tertiary/aromatic N) is 1. The Balaban J connectivity index is 2.25. The lowest BCUT2D eigenvalue weighted by Gasteiger charge is -2.30. The van der Waals surface area contributed by atoms with Crippen LogP contribution >= 0.6 is 0 Å². The third kappa shape index (κ3) is 5.12. The van der Waals surface area contributed by atoms with Gasteiger partial charge >= 0.3 is 0 Å². The highest BCUT2D eigenvalue weighted by Crippen LogP contribution is 2.15. The number of amides is 2. The van der Waals surface area contributed by atoms with E-state index in [-0.39, 0.29) is 36.4 Å². The topological polar surface area (TPSA) is 49.4 Å². The first-order valence-corrected chi connectivity index (χ1v) is 8.44. The Bertz CT molecular complexity index is 745. The van der Waals surface area contributed by atoms with Crippen molar-refractivity contribution in [3.63, 3.8) is 0 Å². The molecule has 0 radical (unpaired) electrons. The molecule has 138 valence electrons. The van der Waals surface area contributed by atoms with E-state index in [2.05, 4.69) is 5.32 Å². The highest BCUT2D eigenvalue weighted by Gasteiger charge is 2.27. The van der Waals surface area contributed by atoms with Gasteiger partial charge in [-0.05, 0) is 41.8 Å². The van der Waals surface area contributed by atoms with Crippen molar-refractivity contribution >= 4 is 11.8 Å². The van der Waals surface area contributed by atoms with Gasteiger partial charge < -0.3 is 10.2 Å². The fraction of sp³-hybridized carbons (Fsp3) is 0.300. The summed E-state index contributed by atoms with van der Waals surface area (Å²) in [4.78, 5) is 26.6. The summed E-state index contributed by atoms with van der Waals surface area (Å²) >= 11 is 0. The molecule has 0 aromatic heterocycles. The summed E-state index contributed by atoms with van der Waals surface area (Å²) in [5, 5.41) is 2.58. The minimum absolute atomic E-state index is 0.0506. The standard InChI is InChI=1S/C20H22F2N2O2/c1-3-18(20(26)23-2)24(13-15-6-10-17(22)11-7-15)19(25)12-14-4-8-16(21)9-5-14/h4-11,18H,3,12-13H2,1-2H3,(H,23,26). The first-order valence-electron chi connectivity index (χ1n) is 8.44. The van der Waals surface area contributed by atoms with Gasteiger partial charge in [0.25, 0.3) is 0 Å². The van der Waals surface area contributed by atoms with E-state index in [9.17, 15) is 18.4 Å². The van der Waals surface area contributed by atoms with Gasteiger partial charge in [0.05, 0.1) is 6.42 Å². The van der Waals surface area contributed by atoms with Crippen LogP contribution in [0, 0.1) is 11.6 Å². The monoisotopic (exact) mass is 360 g/mol. The number of likely N-dealkylation sites (N-methyl/N-ethyl adjacent to an activating group) is 1. The molecule has 2 amide bonds. The molecule has 4 nitrogen and oxygen atoms in total. The molecule has 6 heteroatoms. The summed E-state index contributed by atoms with van der Waals surface area (Å²) in [7, 11) is 1.52. The van der Waals surface area contributed by atoms with E-state index in [4.69, 9.17) is 0 Å². The summed E-state index contributed by atoms with van der Waals surface area (Å²) < 4.78 is 26.2. The zero-order valence-corrected chi connectivity index (χ0v) is 14.8. The second-order valence-electron chi connectivity index (χ2n) is 5.99. The fourth-order valence-corrected chi connectivity index (χ4v) is 2.75. The lowest BCUT2D eigenvalue weighted by atomic mass is 10.1. The van der Waals surface area contributed by atoms with Gasteiger partial charge in [-0.2, -0.15) is 0 Å². The van der Waals surface area contributed by atoms with Crippen molar-refractivity contribution in [2.75, 3.05) is 7.05 Å². The van der Waals surface area contributed by atoms with Crippen molar-refractivity contribution < 1.29 is 18.4 Å². The molecule has 0 aliphatic rings. The number of hydrogen-bond donors (Lipinski definition) is 1. The molecule has 1 N–H and O–H groups in total. The lowest BCUT2D eigenvalue weighted by molar-refractivity contribution is -0.140. The Morgan fingerprint density at radius 3 is 1.92 bits per heavy atom. The van der Waals surface area contributed by atoms with Crippen molar-refractivity contribution in [2.45, 2.75) is 32.4 Å². The first-order chi connectivity index (χ1) is 12.4. The van der Waals surface area contributed by atoms with Crippen molar-refractivity contribution in [3.05, 3.63) is 71.3 Å². The number of benzene rings is 2. The Kier molecular flexibility index (Phi) is 6.83. The Morgan fingerprint density at radius 1 is 0.962 bits per heavy atom. The normalized spacial score (nSPS) is 11.7. The number of halogens is 2. The first kappa shape index (κ1) is 19.6. The third-order valence-corrected chi connectivity index (χ3v) is 4.17. The number of nitrogens with one attached hydrogen (secondary N) is 1. The molecule has 0 aliphatic heterocycles. The molecule has 0 heterocycles. The molecule has 0 saturated heterocycles. The summed E-state index contributed by atoms with van der Waals surface area (Å²) in [6.45, 7) is 2.01. The molecule has 1 atom stereocenters. The van der Waals surface area contributed by atoms with E-state index in [0.717, 1.165) is 5.56 Å². The van der Waals surface area contributed by atoms with E-state index in [1.807, 2.05) is 6.92 Å². The maximum Gasteiger partial charge on any atom is 0.242 e. The minimum Gasteiger partial charge on any atom is -0.357 e. The van der Waals surface area contributed by atoms with Gasteiger partial charge in [-0.25, -0.2) is 8.78 Å². The molecule has 0 fully saturated rings. The van der Waals surface area contributed by atoms with Crippen LogP contribution in [-0.2, 0) is 22.6 Å². The smallest absolute Gasteiger partial charge is 0.242 e. The molecule has 26 heavy (non-hydrogen) atoms. The molecule has 2 rings (SSSR count).